The standard InChI is InChI=1S/C25H27F4N9O3/c1-40-4-3-37-13-31-8-15(37)9-36-10-18(26)19(11-36)35-23(39)16-5-14(7-32-24(16)41-2)20-6-17(25(27,28)29)21-22(30)33-12-34-38(20)21/h5-8,12-13,18-19H,3-4,9-11H2,1-2H3,(H,35,39)(H2,30,33,34). The highest BCUT2D eigenvalue weighted by molar-refractivity contribution is 5.98. The zero-order chi connectivity index (χ0) is 29.3. The predicted octanol–water partition coefficient (Wildman–Crippen LogP) is 2.20. The van der Waals surface area contributed by atoms with Gasteiger partial charge in [-0.1, -0.05) is 0 Å². The average molecular weight is 578 g/mol. The number of anilines is 1. The molecule has 5 heterocycles. The number of methoxy groups -OCH3 is 2. The van der Waals surface area contributed by atoms with E-state index in [1.165, 1.54) is 19.4 Å². The normalized spacial score (nSPS) is 17.8. The number of hydrogen-bond donors (Lipinski definition) is 2. The van der Waals surface area contributed by atoms with E-state index < -0.39 is 35.4 Å². The number of nitrogens with two attached hydrogens (primary N) is 1. The number of alkyl halides is 4. The molecule has 4 aromatic heterocycles. The van der Waals surface area contributed by atoms with E-state index in [1.54, 1.807) is 19.6 Å². The number of imidazole rings is 1. The van der Waals surface area contributed by atoms with Gasteiger partial charge in [0.05, 0.1) is 43.0 Å². The van der Waals surface area contributed by atoms with Gasteiger partial charge in [0.15, 0.2) is 5.82 Å². The SMILES string of the molecule is COCCn1cncc1CN1CC(F)C(NC(=O)c2cc(-c3cc(C(F)(F)F)c4c(N)ncnn34)cnc2OC)C1. The van der Waals surface area contributed by atoms with Crippen molar-refractivity contribution < 1.29 is 31.8 Å². The lowest BCUT2D eigenvalue weighted by atomic mass is 10.1. The third-order valence-electron chi connectivity index (χ3n) is 6.83. The van der Waals surface area contributed by atoms with Crippen molar-refractivity contribution >= 4 is 17.2 Å². The van der Waals surface area contributed by atoms with Crippen LogP contribution in [0.25, 0.3) is 16.8 Å². The second kappa shape index (κ2) is 11.3. The topological polar surface area (TPSA) is 138 Å². The number of aromatic nitrogens is 6. The molecule has 1 aliphatic heterocycles. The first-order chi connectivity index (χ1) is 19.6. The molecule has 1 aliphatic rings. The van der Waals surface area contributed by atoms with Crippen LogP contribution in [-0.2, 0) is 24.0 Å². The number of ether oxygens (including phenoxy) is 2. The second-order valence-corrected chi connectivity index (χ2v) is 9.49. The molecule has 218 valence electrons. The van der Waals surface area contributed by atoms with Crippen LogP contribution in [0.5, 0.6) is 5.88 Å². The largest absolute Gasteiger partial charge is 0.480 e. The van der Waals surface area contributed by atoms with Crippen LogP contribution in [0.2, 0.25) is 0 Å². The molecule has 0 radical (unpaired) electrons. The maximum absolute atomic E-state index is 15.0. The van der Waals surface area contributed by atoms with E-state index in [0.29, 0.717) is 19.7 Å². The van der Waals surface area contributed by atoms with Gasteiger partial charge in [0, 0.05) is 51.2 Å². The molecular weight excluding hydrogens is 550 g/mol. The quantitative estimate of drug-likeness (QED) is 0.287. The maximum atomic E-state index is 15.0. The summed E-state index contributed by atoms with van der Waals surface area (Å²) in [6, 6.07) is 1.33. The number of hydrogen-bond acceptors (Lipinski definition) is 9. The van der Waals surface area contributed by atoms with E-state index in [9.17, 15) is 18.0 Å². The Morgan fingerprint density at radius 3 is 2.73 bits per heavy atom. The van der Waals surface area contributed by atoms with E-state index in [0.717, 1.165) is 22.6 Å². The molecule has 1 amide bonds. The van der Waals surface area contributed by atoms with Gasteiger partial charge >= 0.3 is 6.18 Å². The highest BCUT2D eigenvalue weighted by atomic mass is 19.4. The first-order valence-electron chi connectivity index (χ1n) is 12.5. The number of pyridine rings is 1. The number of rotatable bonds is 9. The lowest BCUT2D eigenvalue weighted by Crippen LogP contribution is -2.41. The second-order valence-electron chi connectivity index (χ2n) is 9.49. The molecule has 1 fully saturated rings. The monoisotopic (exact) mass is 577 g/mol. The molecule has 4 aromatic rings. The van der Waals surface area contributed by atoms with Gasteiger partial charge in [-0.3, -0.25) is 9.69 Å². The Labute approximate surface area is 231 Å². The summed E-state index contributed by atoms with van der Waals surface area (Å²) in [5.41, 5.74) is 5.17. The zero-order valence-corrected chi connectivity index (χ0v) is 22.1. The number of likely N-dealkylation sites (tertiary alicyclic amines) is 1. The summed E-state index contributed by atoms with van der Waals surface area (Å²) < 4.78 is 69.6. The molecule has 0 bridgehead atoms. The van der Waals surface area contributed by atoms with Crippen molar-refractivity contribution in [3.8, 4) is 17.1 Å². The summed E-state index contributed by atoms with van der Waals surface area (Å²) in [4.78, 5) is 27.1. The van der Waals surface area contributed by atoms with Gasteiger partial charge in [-0.2, -0.15) is 18.3 Å². The Bertz CT molecular complexity index is 1560. The molecule has 3 N–H and O–H groups in total. The summed E-state index contributed by atoms with van der Waals surface area (Å²) in [7, 11) is 2.90. The van der Waals surface area contributed by atoms with E-state index >= 15 is 4.39 Å². The molecule has 0 aliphatic carbocycles. The molecule has 0 aromatic carbocycles. The van der Waals surface area contributed by atoms with Crippen molar-refractivity contribution in [2.75, 3.05) is 39.6 Å². The van der Waals surface area contributed by atoms with Crippen molar-refractivity contribution in [3.63, 3.8) is 0 Å². The molecule has 2 unspecified atom stereocenters. The summed E-state index contributed by atoms with van der Waals surface area (Å²) >= 11 is 0. The highest BCUT2D eigenvalue weighted by Gasteiger charge is 2.37. The molecule has 0 spiro atoms. The number of fused-ring (bicyclic) bond motifs is 1. The number of carbonyl (C=O) groups excluding carboxylic acids is 1. The van der Waals surface area contributed by atoms with E-state index in [1.807, 2.05) is 9.47 Å². The lowest BCUT2D eigenvalue weighted by Gasteiger charge is -2.18. The van der Waals surface area contributed by atoms with Crippen LogP contribution < -0.4 is 15.8 Å². The summed E-state index contributed by atoms with van der Waals surface area (Å²) in [6.07, 6.45) is -0.458. The Morgan fingerprint density at radius 1 is 1.20 bits per heavy atom. The molecule has 1 saturated heterocycles. The Kier molecular flexibility index (Phi) is 7.77. The van der Waals surface area contributed by atoms with Crippen molar-refractivity contribution in [2.24, 2.45) is 0 Å². The van der Waals surface area contributed by atoms with Crippen molar-refractivity contribution in [1.82, 2.24) is 39.3 Å². The fourth-order valence-electron chi connectivity index (χ4n) is 4.86. The van der Waals surface area contributed by atoms with Crippen molar-refractivity contribution in [2.45, 2.75) is 31.5 Å². The van der Waals surface area contributed by atoms with E-state index in [2.05, 4.69) is 25.4 Å². The Morgan fingerprint density at radius 2 is 2.00 bits per heavy atom. The van der Waals surface area contributed by atoms with Gasteiger partial charge < -0.3 is 25.1 Å². The molecule has 5 rings (SSSR count). The van der Waals surface area contributed by atoms with Gasteiger partial charge in [-0.05, 0) is 12.1 Å². The van der Waals surface area contributed by atoms with Crippen LogP contribution in [0.4, 0.5) is 23.4 Å². The fraction of sp³-hybridized carbons (Fsp3) is 0.400. The summed E-state index contributed by atoms with van der Waals surface area (Å²) in [5.74, 6) is -1.13. The minimum absolute atomic E-state index is 0.0221. The van der Waals surface area contributed by atoms with Crippen LogP contribution in [0.1, 0.15) is 21.6 Å². The third-order valence-corrected chi connectivity index (χ3v) is 6.83. The lowest BCUT2D eigenvalue weighted by molar-refractivity contribution is -0.136. The van der Waals surface area contributed by atoms with Crippen LogP contribution in [0.15, 0.2) is 37.2 Å². The minimum Gasteiger partial charge on any atom is -0.480 e. The minimum atomic E-state index is -4.74. The number of nitrogens with one attached hydrogen (secondary N) is 1. The molecular formula is C25H27F4N9O3. The molecule has 0 saturated carbocycles. The number of amides is 1. The first kappa shape index (κ1) is 28.2. The summed E-state index contributed by atoms with van der Waals surface area (Å²) in [6.45, 7) is 1.84. The van der Waals surface area contributed by atoms with Gasteiger partial charge in [-0.15, -0.1) is 0 Å². The smallest absolute Gasteiger partial charge is 0.418 e. The third kappa shape index (κ3) is 5.65. The number of carbonyl (C=O) groups is 1. The first-order valence-corrected chi connectivity index (χ1v) is 12.5. The van der Waals surface area contributed by atoms with Gasteiger partial charge in [0.1, 0.15) is 23.6 Å². The van der Waals surface area contributed by atoms with E-state index in [-0.39, 0.29) is 41.6 Å². The molecule has 41 heavy (non-hydrogen) atoms. The van der Waals surface area contributed by atoms with Crippen molar-refractivity contribution in [3.05, 3.63) is 54.0 Å². The number of nitrogen functional groups attached to an aromatic ring is 1. The zero-order valence-electron chi connectivity index (χ0n) is 22.1. The Hall–Kier alpha value is -4.31. The van der Waals surface area contributed by atoms with Crippen LogP contribution in [0.3, 0.4) is 0 Å². The van der Waals surface area contributed by atoms with Gasteiger partial charge in [0.25, 0.3) is 5.91 Å². The number of nitrogens with zero attached hydrogens (tertiary/aromatic N) is 7. The molecule has 2 atom stereocenters. The highest BCUT2D eigenvalue weighted by Crippen LogP contribution is 2.39. The van der Waals surface area contributed by atoms with Gasteiger partial charge in [0.2, 0.25) is 5.88 Å². The summed E-state index contributed by atoms with van der Waals surface area (Å²) in [5, 5.41) is 6.60. The van der Waals surface area contributed by atoms with Gasteiger partial charge in [-0.25, -0.2) is 23.9 Å². The molecule has 12 nitrogen and oxygen atoms in total. The van der Waals surface area contributed by atoms with E-state index in [4.69, 9.17) is 15.2 Å². The van der Waals surface area contributed by atoms with Crippen LogP contribution in [0, 0.1) is 0 Å². The maximum Gasteiger partial charge on any atom is 0.418 e. The fourth-order valence-corrected chi connectivity index (χ4v) is 4.86. The van der Waals surface area contributed by atoms with Crippen LogP contribution in [-0.4, -0.2) is 86.1 Å². The molecule has 16 heteroatoms. The Balaban J connectivity index is 1.38. The number of halogens is 4. The average Bonchev–Trinajstić information content (AvgIpc) is 3.64. The predicted molar refractivity (Wildman–Crippen MR) is 138 cm³/mol. The van der Waals surface area contributed by atoms with Crippen LogP contribution >= 0.6 is 0 Å². The van der Waals surface area contributed by atoms with Crippen molar-refractivity contribution in [1.29, 1.82) is 0 Å².